The van der Waals surface area contributed by atoms with Crippen molar-refractivity contribution < 1.29 is 22.8 Å². The predicted molar refractivity (Wildman–Crippen MR) is 77.4 cm³/mol. The Morgan fingerprint density at radius 2 is 1.74 bits per heavy atom. The quantitative estimate of drug-likeness (QED) is 0.860. The third kappa shape index (κ3) is 3.37. The fourth-order valence-electron chi connectivity index (χ4n) is 2.47. The number of hydrogen-bond donors (Lipinski definition) is 0. The van der Waals surface area contributed by atoms with Crippen LogP contribution in [0.3, 0.4) is 0 Å². The maximum absolute atomic E-state index is 12.5. The summed E-state index contributed by atoms with van der Waals surface area (Å²) >= 11 is 0. The Labute approximate surface area is 131 Å². The minimum atomic E-state index is -4.36. The molecule has 3 rings (SSSR count). The number of carbonyl (C=O) groups is 1. The molecular weight excluding hydrogens is 307 g/mol. The summed E-state index contributed by atoms with van der Waals surface area (Å²) in [7, 11) is 0. The molecule has 6 heteroatoms. The SMILES string of the molecule is O=C1c2ccccc2CCN1OCc1ccc(C(F)(F)F)cc1. The minimum Gasteiger partial charge on any atom is -0.267 e. The van der Waals surface area contributed by atoms with E-state index in [1.807, 2.05) is 12.1 Å². The first kappa shape index (κ1) is 15.6. The van der Waals surface area contributed by atoms with Crippen molar-refractivity contribution in [2.45, 2.75) is 19.2 Å². The van der Waals surface area contributed by atoms with Gasteiger partial charge in [0.15, 0.2) is 0 Å². The Balaban J connectivity index is 1.64. The molecule has 0 spiro atoms. The smallest absolute Gasteiger partial charge is 0.267 e. The summed E-state index contributed by atoms with van der Waals surface area (Å²) < 4.78 is 37.5. The Morgan fingerprint density at radius 3 is 2.43 bits per heavy atom. The Hall–Kier alpha value is -2.34. The van der Waals surface area contributed by atoms with Gasteiger partial charge < -0.3 is 0 Å². The maximum atomic E-state index is 12.5. The molecule has 0 atom stereocenters. The molecular formula is C17H14F3NO2. The lowest BCUT2D eigenvalue weighted by Crippen LogP contribution is -2.37. The van der Waals surface area contributed by atoms with E-state index < -0.39 is 11.7 Å². The van der Waals surface area contributed by atoms with Crippen molar-refractivity contribution in [3.8, 4) is 0 Å². The van der Waals surface area contributed by atoms with E-state index in [9.17, 15) is 18.0 Å². The molecule has 1 heterocycles. The zero-order valence-electron chi connectivity index (χ0n) is 12.1. The molecule has 0 unspecified atom stereocenters. The summed E-state index contributed by atoms with van der Waals surface area (Å²) in [6, 6.07) is 12.0. The van der Waals surface area contributed by atoms with Crippen LogP contribution in [0.25, 0.3) is 0 Å². The molecule has 120 valence electrons. The second-order valence-electron chi connectivity index (χ2n) is 5.28. The number of hydroxylamine groups is 2. The zero-order chi connectivity index (χ0) is 16.4. The molecule has 1 aliphatic rings. The first-order chi connectivity index (χ1) is 10.9. The number of hydrogen-bond acceptors (Lipinski definition) is 2. The van der Waals surface area contributed by atoms with Gasteiger partial charge in [-0.15, -0.1) is 0 Å². The number of benzene rings is 2. The molecule has 0 N–H and O–H groups in total. The lowest BCUT2D eigenvalue weighted by molar-refractivity contribution is -0.138. The predicted octanol–water partition coefficient (Wildman–Crippen LogP) is 3.84. The average Bonchev–Trinajstić information content (AvgIpc) is 2.54. The molecule has 0 radical (unpaired) electrons. The molecule has 2 aromatic rings. The van der Waals surface area contributed by atoms with Crippen LogP contribution in [-0.2, 0) is 24.0 Å². The Bertz CT molecular complexity index is 711. The molecule has 23 heavy (non-hydrogen) atoms. The van der Waals surface area contributed by atoms with Gasteiger partial charge in [0.05, 0.1) is 12.1 Å². The lowest BCUT2D eigenvalue weighted by atomic mass is 10.0. The number of rotatable bonds is 3. The highest BCUT2D eigenvalue weighted by molar-refractivity contribution is 5.96. The van der Waals surface area contributed by atoms with E-state index in [2.05, 4.69) is 0 Å². The van der Waals surface area contributed by atoms with Crippen molar-refractivity contribution in [3.63, 3.8) is 0 Å². The number of alkyl halides is 3. The van der Waals surface area contributed by atoms with E-state index in [4.69, 9.17) is 4.84 Å². The van der Waals surface area contributed by atoms with Crippen LogP contribution in [0.4, 0.5) is 13.2 Å². The zero-order valence-corrected chi connectivity index (χ0v) is 12.1. The van der Waals surface area contributed by atoms with Crippen LogP contribution >= 0.6 is 0 Å². The van der Waals surface area contributed by atoms with Gasteiger partial charge in [0.1, 0.15) is 6.61 Å². The molecule has 0 aromatic heterocycles. The fraction of sp³-hybridized carbons (Fsp3) is 0.235. The van der Waals surface area contributed by atoms with Gasteiger partial charge >= 0.3 is 6.18 Å². The van der Waals surface area contributed by atoms with Crippen LogP contribution in [0.1, 0.15) is 27.0 Å². The van der Waals surface area contributed by atoms with Crippen molar-refractivity contribution in [1.29, 1.82) is 0 Å². The van der Waals surface area contributed by atoms with E-state index in [1.165, 1.54) is 17.2 Å². The van der Waals surface area contributed by atoms with E-state index in [0.717, 1.165) is 17.7 Å². The molecule has 0 fully saturated rings. The van der Waals surface area contributed by atoms with Gasteiger partial charge in [-0.25, -0.2) is 5.06 Å². The van der Waals surface area contributed by atoms with Crippen LogP contribution < -0.4 is 0 Å². The van der Waals surface area contributed by atoms with Crippen molar-refractivity contribution in [2.24, 2.45) is 0 Å². The number of halogens is 3. The highest BCUT2D eigenvalue weighted by atomic mass is 19.4. The monoisotopic (exact) mass is 321 g/mol. The molecule has 0 bridgehead atoms. The van der Waals surface area contributed by atoms with Crippen molar-refractivity contribution >= 4 is 5.91 Å². The van der Waals surface area contributed by atoms with Gasteiger partial charge in [0, 0.05) is 5.56 Å². The Morgan fingerprint density at radius 1 is 1.04 bits per heavy atom. The summed E-state index contributed by atoms with van der Waals surface area (Å²) in [6.45, 7) is 0.475. The van der Waals surface area contributed by atoms with Crippen LogP contribution in [0.5, 0.6) is 0 Å². The lowest BCUT2D eigenvalue weighted by Gasteiger charge is -2.27. The fourth-order valence-corrected chi connectivity index (χ4v) is 2.47. The van der Waals surface area contributed by atoms with Gasteiger partial charge in [-0.3, -0.25) is 9.63 Å². The van der Waals surface area contributed by atoms with Crippen LogP contribution in [0.15, 0.2) is 48.5 Å². The summed E-state index contributed by atoms with van der Waals surface area (Å²) in [6.07, 6.45) is -3.67. The summed E-state index contributed by atoms with van der Waals surface area (Å²) in [5.41, 5.74) is 1.45. The topological polar surface area (TPSA) is 29.5 Å². The number of carbonyl (C=O) groups excluding carboxylic acids is 1. The molecule has 0 saturated carbocycles. The van der Waals surface area contributed by atoms with Crippen molar-refractivity contribution in [2.75, 3.05) is 6.54 Å². The largest absolute Gasteiger partial charge is 0.416 e. The standard InChI is InChI=1S/C17H14F3NO2/c18-17(19,20)14-7-5-12(6-8-14)11-23-21-10-9-13-3-1-2-4-15(13)16(21)22/h1-8H,9-11H2. The van der Waals surface area contributed by atoms with Gasteiger partial charge in [0.2, 0.25) is 0 Å². The van der Waals surface area contributed by atoms with Crippen molar-refractivity contribution in [3.05, 3.63) is 70.8 Å². The molecule has 0 aliphatic carbocycles. The minimum absolute atomic E-state index is 0.0477. The molecule has 1 aliphatic heterocycles. The third-order valence-corrected chi connectivity index (χ3v) is 3.73. The van der Waals surface area contributed by atoms with E-state index >= 15 is 0 Å². The summed E-state index contributed by atoms with van der Waals surface area (Å²) in [4.78, 5) is 17.7. The van der Waals surface area contributed by atoms with E-state index in [-0.39, 0.29) is 12.5 Å². The van der Waals surface area contributed by atoms with Crippen LogP contribution in [-0.4, -0.2) is 17.5 Å². The first-order valence-electron chi connectivity index (χ1n) is 7.14. The molecule has 1 amide bonds. The number of fused-ring (bicyclic) bond motifs is 1. The molecule has 0 saturated heterocycles. The van der Waals surface area contributed by atoms with Gasteiger partial charge in [-0.2, -0.15) is 13.2 Å². The number of nitrogens with zero attached hydrogens (tertiary/aromatic N) is 1. The van der Waals surface area contributed by atoms with E-state index in [0.29, 0.717) is 24.1 Å². The average molecular weight is 321 g/mol. The normalized spacial score (nSPS) is 14.7. The highest BCUT2D eigenvalue weighted by Gasteiger charge is 2.30. The first-order valence-corrected chi connectivity index (χ1v) is 7.14. The van der Waals surface area contributed by atoms with Gasteiger partial charge in [0.25, 0.3) is 5.91 Å². The Kier molecular flexibility index (Phi) is 4.09. The van der Waals surface area contributed by atoms with Gasteiger partial charge in [-0.05, 0) is 35.7 Å². The maximum Gasteiger partial charge on any atom is 0.416 e. The van der Waals surface area contributed by atoms with E-state index in [1.54, 1.807) is 12.1 Å². The third-order valence-electron chi connectivity index (χ3n) is 3.73. The number of amides is 1. The second kappa shape index (κ2) is 6.04. The molecule has 2 aromatic carbocycles. The van der Waals surface area contributed by atoms with Crippen molar-refractivity contribution in [1.82, 2.24) is 5.06 Å². The second-order valence-corrected chi connectivity index (χ2v) is 5.28. The highest BCUT2D eigenvalue weighted by Crippen LogP contribution is 2.29. The van der Waals surface area contributed by atoms with Crippen LogP contribution in [0.2, 0.25) is 0 Å². The van der Waals surface area contributed by atoms with Gasteiger partial charge in [-0.1, -0.05) is 30.3 Å². The summed E-state index contributed by atoms with van der Waals surface area (Å²) in [5.74, 6) is -0.223. The molecule has 3 nitrogen and oxygen atoms in total. The van der Waals surface area contributed by atoms with Crippen LogP contribution in [0, 0.1) is 0 Å². The summed E-state index contributed by atoms with van der Waals surface area (Å²) in [5, 5.41) is 1.26.